The maximum atomic E-state index is 11.7. The van der Waals surface area contributed by atoms with Crippen LogP contribution in [0.1, 0.15) is 40.0 Å². The molecule has 0 aliphatic carbocycles. The number of rotatable bonds is 4. The van der Waals surface area contributed by atoms with E-state index < -0.39 is 23.3 Å². The van der Waals surface area contributed by atoms with E-state index in [0.29, 0.717) is 18.8 Å². The first-order valence-corrected chi connectivity index (χ1v) is 5.48. The van der Waals surface area contributed by atoms with Gasteiger partial charge in [-0.05, 0) is 31.2 Å². The third-order valence-electron chi connectivity index (χ3n) is 2.97. The van der Waals surface area contributed by atoms with Crippen molar-refractivity contribution in [2.24, 2.45) is 11.3 Å². The summed E-state index contributed by atoms with van der Waals surface area (Å²) in [5.41, 5.74) is -1.18. The van der Waals surface area contributed by atoms with Crippen LogP contribution in [-0.4, -0.2) is 17.8 Å². The largest absolute Gasteiger partial charge is 1.00 e. The first-order valence-electron chi connectivity index (χ1n) is 5.48. The molecule has 1 heterocycles. The van der Waals surface area contributed by atoms with Gasteiger partial charge in [0.2, 0.25) is 0 Å². The molecule has 1 aliphatic rings. The maximum Gasteiger partial charge on any atom is 1.00 e. The number of hydrogen-bond donors (Lipinski definition) is 0. The zero-order chi connectivity index (χ0) is 12.3. The van der Waals surface area contributed by atoms with Crippen molar-refractivity contribution in [3.8, 4) is 0 Å². The minimum Gasteiger partial charge on any atom is -0.611 e. The number of carbonyl (C=O) groups excluding carboxylic acids is 3. The maximum absolute atomic E-state index is 11.7. The van der Waals surface area contributed by atoms with Crippen LogP contribution in [0.15, 0.2) is 0 Å². The number of barbiturate groups is 1. The number of hydrogen-bond acceptors (Lipinski definition) is 3. The molecule has 7 heteroatoms. The molecule has 0 spiro atoms. The number of urea groups is 1. The van der Waals surface area contributed by atoms with E-state index in [1.807, 2.05) is 13.8 Å². The van der Waals surface area contributed by atoms with E-state index >= 15 is 0 Å². The molecule has 1 saturated heterocycles. The van der Waals surface area contributed by atoms with Crippen molar-refractivity contribution in [1.82, 2.24) is 0 Å². The van der Waals surface area contributed by atoms with Crippen LogP contribution in [-0.2, 0) is 9.59 Å². The van der Waals surface area contributed by atoms with Crippen LogP contribution in [0.25, 0.3) is 10.6 Å². The fraction of sp³-hybridized carbons (Fsp3) is 0.727. The average Bonchev–Trinajstić information content (AvgIpc) is 2.17. The molecule has 0 unspecified atom stereocenters. The summed E-state index contributed by atoms with van der Waals surface area (Å²) in [4.78, 5) is 34.3. The standard InChI is InChI=1S/C11H18N2O3.2Na/c1-4-11(6-5-7(2)3)8(14)12-10(16)13-9(11)15;;/h7H,4-6H2,1-3H3,(H2,12,13,14,15,16);;/q;2*+1/p-2. The molecule has 0 N–H and O–H groups in total. The van der Waals surface area contributed by atoms with Gasteiger partial charge in [0.25, 0.3) is 0 Å². The van der Waals surface area contributed by atoms with Crippen molar-refractivity contribution in [3.05, 3.63) is 10.6 Å². The van der Waals surface area contributed by atoms with Gasteiger partial charge in [0.05, 0.1) is 17.2 Å². The Kier molecular flexibility index (Phi) is 10.1. The predicted octanol–water partition coefficient (Wildman–Crippen LogP) is -3.24. The Bertz CT molecular complexity index is 312. The molecular formula is C11H16N2Na2O3. The van der Waals surface area contributed by atoms with Crippen LogP contribution in [0, 0.1) is 11.3 Å². The number of nitrogens with zero attached hydrogens (tertiary/aromatic N) is 2. The van der Waals surface area contributed by atoms with E-state index in [-0.39, 0.29) is 59.1 Å². The third-order valence-corrected chi connectivity index (χ3v) is 2.97. The quantitative estimate of drug-likeness (QED) is 0.398. The molecule has 0 saturated carbocycles. The predicted molar refractivity (Wildman–Crippen MR) is 58.9 cm³/mol. The van der Waals surface area contributed by atoms with Crippen LogP contribution < -0.4 is 59.1 Å². The summed E-state index contributed by atoms with van der Waals surface area (Å²) in [6.45, 7) is 5.78. The van der Waals surface area contributed by atoms with Gasteiger partial charge in [-0.15, -0.1) is 0 Å². The Labute approximate surface area is 152 Å². The summed E-state index contributed by atoms with van der Waals surface area (Å²) < 4.78 is 0. The summed E-state index contributed by atoms with van der Waals surface area (Å²) in [5, 5.41) is 6.54. The van der Waals surface area contributed by atoms with Gasteiger partial charge in [-0.3, -0.25) is 0 Å². The van der Waals surface area contributed by atoms with Gasteiger partial charge in [-0.25, -0.2) is 0 Å². The smallest absolute Gasteiger partial charge is 0.611 e. The second-order valence-electron chi connectivity index (χ2n) is 4.48. The molecule has 0 atom stereocenters. The summed E-state index contributed by atoms with van der Waals surface area (Å²) in [7, 11) is 0. The van der Waals surface area contributed by atoms with E-state index in [1.165, 1.54) is 0 Å². The molecule has 0 aromatic rings. The molecule has 4 amide bonds. The van der Waals surface area contributed by atoms with Gasteiger partial charge in [-0.2, -0.15) is 0 Å². The van der Waals surface area contributed by atoms with Crippen LogP contribution in [0.2, 0.25) is 0 Å². The second-order valence-corrected chi connectivity index (χ2v) is 4.48. The van der Waals surface area contributed by atoms with Crippen molar-refractivity contribution < 1.29 is 73.5 Å². The molecule has 1 rings (SSSR count). The Morgan fingerprint density at radius 3 is 1.83 bits per heavy atom. The molecule has 0 aromatic heterocycles. The Hall–Kier alpha value is 0.610. The molecule has 1 fully saturated rings. The first-order chi connectivity index (χ1) is 7.42. The van der Waals surface area contributed by atoms with Gasteiger partial charge in [0, 0.05) is 0 Å². The Morgan fingerprint density at radius 2 is 1.50 bits per heavy atom. The summed E-state index contributed by atoms with van der Waals surface area (Å²) in [6.07, 6.45) is 1.50. The van der Waals surface area contributed by atoms with Crippen molar-refractivity contribution >= 4 is 17.8 Å². The van der Waals surface area contributed by atoms with Crippen LogP contribution in [0.4, 0.5) is 4.79 Å². The fourth-order valence-electron chi connectivity index (χ4n) is 1.73. The van der Waals surface area contributed by atoms with Crippen LogP contribution in [0.5, 0.6) is 0 Å². The molecule has 5 nitrogen and oxygen atoms in total. The number of imide groups is 2. The molecule has 0 radical (unpaired) electrons. The Morgan fingerprint density at radius 1 is 1.06 bits per heavy atom. The zero-order valence-corrected chi connectivity index (χ0v) is 15.8. The number of carbonyl (C=O) groups is 3. The zero-order valence-electron chi connectivity index (χ0n) is 11.8. The van der Waals surface area contributed by atoms with Crippen molar-refractivity contribution in [2.45, 2.75) is 40.0 Å². The van der Waals surface area contributed by atoms with Crippen LogP contribution in [0.3, 0.4) is 0 Å². The second kappa shape index (κ2) is 8.72. The minimum atomic E-state index is -1.18. The molecule has 0 bridgehead atoms. The molecule has 90 valence electrons. The molecule has 1 aliphatic heterocycles. The van der Waals surface area contributed by atoms with Gasteiger partial charge in [-0.1, -0.05) is 20.8 Å². The van der Waals surface area contributed by atoms with Gasteiger partial charge in [0.15, 0.2) is 0 Å². The van der Waals surface area contributed by atoms with Gasteiger partial charge in [0.1, 0.15) is 0 Å². The van der Waals surface area contributed by atoms with E-state index in [4.69, 9.17) is 0 Å². The van der Waals surface area contributed by atoms with Gasteiger partial charge >= 0.3 is 59.1 Å². The Balaban J connectivity index is 0. The van der Waals surface area contributed by atoms with Crippen molar-refractivity contribution in [2.75, 3.05) is 0 Å². The van der Waals surface area contributed by atoms with Crippen molar-refractivity contribution in [3.63, 3.8) is 0 Å². The normalized spacial score (nSPS) is 17.4. The SMILES string of the molecule is CCC1(CCC(C)C)C(=O)[N-]C(=O)[N-]C1=O.[Na+].[Na+]. The summed E-state index contributed by atoms with van der Waals surface area (Å²) in [6, 6.07) is -0.969. The molecule has 18 heavy (non-hydrogen) atoms. The topological polar surface area (TPSA) is 79.4 Å². The summed E-state index contributed by atoms with van der Waals surface area (Å²) >= 11 is 0. The number of amides is 4. The van der Waals surface area contributed by atoms with Gasteiger partial charge < -0.3 is 25.0 Å². The van der Waals surface area contributed by atoms with E-state index in [0.717, 1.165) is 6.42 Å². The average molecular weight is 270 g/mol. The minimum absolute atomic E-state index is 0. The van der Waals surface area contributed by atoms with Crippen molar-refractivity contribution in [1.29, 1.82) is 0 Å². The molecular weight excluding hydrogens is 254 g/mol. The monoisotopic (exact) mass is 270 g/mol. The molecule has 0 aromatic carbocycles. The fourth-order valence-corrected chi connectivity index (χ4v) is 1.73. The van der Waals surface area contributed by atoms with E-state index in [1.54, 1.807) is 6.92 Å². The third kappa shape index (κ3) is 4.62. The van der Waals surface area contributed by atoms with Crippen LogP contribution >= 0.6 is 0 Å². The van der Waals surface area contributed by atoms with E-state index in [9.17, 15) is 14.4 Å². The summed E-state index contributed by atoms with van der Waals surface area (Å²) in [5.74, 6) is -0.858. The van der Waals surface area contributed by atoms with E-state index in [2.05, 4.69) is 10.6 Å². The first kappa shape index (κ1) is 20.9.